The number of hydrogen-bond acceptors (Lipinski definition) is 4. The molecule has 1 amide bonds. The SMILES string of the molecule is CC(=O)NCc1nnc2n1CCN(Cc1ccc(-c3ccccc3C)cc1)CC2. The largest absolute Gasteiger partial charge is 0.349 e. The van der Waals surface area contributed by atoms with Gasteiger partial charge in [0.05, 0.1) is 6.54 Å². The Morgan fingerprint density at radius 2 is 1.83 bits per heavy atom. The minimum atomic E-state index is -0.0493. The second-order valence-electron chi connectivity index (χ2n) is 7.63. The third-order valence-corrected chi connectivity index (χ3v) is 5.51. The minimum absolute atomic E-state index is 0.0493. The molecule has 0 radical (unpaired) electrons. The van der Waals surface area contributed by atoms with Crippen molar-refractivity contribution < 1.29 is 4.79 Å². The van der Waals surface area contributed by atoms with E-state index in [1.165, 1.54) is 29.2 Å². The van der Waals surface area contributed by atoms with Crippen LogP contribution in [0.1, 0.15) is 29.7 Å². The van der Waals surface area contributed by atoms with Gasteiger partial charge < -0.3 is 9.88 Å². The summed E-state index contributed by atoms with van der Waals surface area (Å²) in [5.41, 5.74) is 5.17. The van der Waals surface area contributed by atoms with E-state index in [1.807, 2.05) is 0 Å². The van der Waals surface area contributed by atoms with Crippen molar-refractivity contribution in [2.24, 2.45) is 0 Å². The summed E-state index contributed by atoms with van der Waals surface area (Å²) in [6.07, 6.45) is 0.869. The molecule has 1 aromatic heterocycles. The number of aromatic nitrogens is 3. The van der Waals surface area contributed by atoms with Gasteiger partial charge in [-0.05, 0) is 29.2 Å². The van der Waals surface area contributed by atoms with Gasteiger partial charge in [0.15, 0.2) is 5.82 Å². The summed E-state index contributed by atoms with van der Waals surface area (Å²) in [5, 5.41) is 11.4. The topological polar surface area (TPSA) is 63.1 Å². The molecule has 0 bridgehead atoms. The maximum absolute atomic E-state index is 11.2. The fraction of sp³-hybridized carbons (Fsp3) is 0.348. The zero-order chi connectivity index (χ0) is 20.2. The van der Waals surface area contributed by atoms with Gasteiger partial charge in [-0.3, -0.25) is 9.69 Å². The monoisotopic (exact) mass is 389 g/mol. The predicted molar refractivity (Wildman–Crippen MR) is 113 cm³/mol. The first-order valence-electron chi connectivity index (χ1n) is 10.1. The number of amides is 1. The van der Waals surface area contributed by atoms with Gasteiger partial charge in [0.25, 0.3) is 0 Å². The Balaban J connectivity index is 1.39. The summed E-state index contributed by atoms with van der Waals surface area (Å²) < 4.78 is 2.15. The van der Waals surface area contributed by atoms with Crippen LogP contribution in [0.5, 0.6) is 0 Å². The van der Waals surface area contributed by atoms with Crippen LogP contribution in [0.2, 0.25) is 0 Å². The average molecular weight is 390 g/mol. The van der Waals surface area contributed by atoms with E-state index in [0.29, 0.717) is 6.54 Å². The van der Waals surface area contributed by atoms with Crippen molar-refractivity contribution in [3.8, 4) is 11.1 Å². The van der Waals surface area contributed by atoms with E-state index in [2.05, 4.69) is 80.4 Å². The number of rotatable bonds is 5. The highest BCUT2D eigenvalue weighted by Crippen LogP contribution is 2.24. The Bertz CT molecular complexity index is 993. The zero-order valence-electron chi connectivity index (χ0n) is 17.1. The van der Waals surface area contributed by atoms with Crippen molar-refractivity contribution in [2.75, 3.05) is 13.1 Å². The summed E-state index contributed by atoms with van der Waals surface area (Å²) in [7, 11) is 0. The summed E-state index contributed by atoms with van der Waals surface area (Å²) in [4.78, 5) is 13.6. The lowest BCUT2D eigenvalue weighted by Crippen LogP contribution is -2.27. The van der Waals surface area contributed by atoms with Crippen molar-refractivity contribution in [1.82, 2.24) is 25.0 Å². The average Bonchev–Trinajstić information content (AvgIpc) is 3.00. The van der Waals surface area contributed by atoms with Gasteiger partial charge in [-0.1, -0.05) is 48.5 Å². The van der Waals surface area contributed by atoms with E-state index in [-0.39, 0.29) is 5.91 Å². The molecule has 150 valence electrons. The maximum atomic E-state index is 11.2. The summed E-state index contributed by atoms with van der Waals surface area (Å²) in [6, 6.07) is 17.4. The fourth-order valence-corrected chi connectivity index (χ4v) is 3.86. The fourth-order valence-electron chi connectivity index (χ4n) is 3.86. The number of benzene rings is 2. The van der Waals surface area contributed by atoms with Crippen LogP contribution in [-0.2, 0) is 30.8 Å². The van der Waals surface area contributed by atoms with Gasteiger partial charge in [0, 0.05) is 39.5 Å². The predicted octanol–water partition coefficient (Wildman–Crippen LogP) is 2.95. The van der Waals surface area contributed by atoms with Crippen LogP contribution in [-0.4, -0.2) is 38.7 Å². The number of aryl methyl sites for hydroxylation is 1. The van der Waals surface area contributed by atoms with Crippen LogP contribution >= 0.6 is 0 Å². The number of fused-ring (bicyclic) bond motifs is 1. The lowest BCUT2D eigenvalue weighted by atomic mass is 9.99. The number of nitrogens with one attached hydrogen (secondary N) is 1. The second-order valence-corrected chi connectivity index (χ2v) is 7.63. The van der Waals surface area contributed by atoms with Crippen LogP contribution in [0.25, 0.3) is 11.1 Å². The van der Waals surface area contributed by atoms with Gasteiger partial charge >= 0.3 is 0 Å². The second kappa shape index (κ2) is 8.57. The number of nitrogens with zero attached hydrogens (tertiary/aromatic N) is 4. The van der Waals surface area contributed by atoms with E-state index >= 15 is 0 Å². The first-order valence-corrected chi connectivity index (χ1v) is 10.1. The highest BCUT2D eigenvalue weighted by atomic mass is 16.1. The molecule has 6 heteroatoms. The minimum Gasteiger partial charge on any atom is -0.349 e. The molecule has 0 aliphatic carbocycles. The quantitative estimate of drug-likeness (QED) is 0.729. The molecule has 2 aromatic carbocycles. The molecule has 1 aliphatic rings. The van der Waals surface area contributed by atoms with E-state index in [0.717, 1.165) is 44.2 Å². The Labute approximate surface area is 171 Å². The Morgan fingerprint density at radius 3 is 2.59 bits per heavy atom. The summed E-state index contributed by atoms with van der Waals surface area (Å²) >= 11 is 0. The molecule has 3 aromatic rings. The molecule has 1 aliphatic heterocycles. The standard InChI is InChI=1S/C23H27N5O/c1-17-5-3-4-6-21(17)20-9-7-19(8-10-20)16-27-12-11-22-25-26-23(15-24-18(2)29)28(22)14-13-27/h3-10H,11-16H2,1-2H3,(H,24,29). The first kappa shape index (κ1) is 19.3. The van der Waals surface area contributed by atoms with Gasteiger partial charge in [-0.25, -0.2) is 0 Å². The van der Waals surface area contributed by atoms with Gasteiger partial charge in [0.2, 0.25) is 5.91 Å². The summed E-state index contributed by atoms with van der Waals surface area (Å²) in [6.45, 7) is 7.77. The van der Waals surface area contributed by atoms with E-state index < -0.39 is 0 Å². The molecule has 1 N–H and O–H groups in total. The molecule has 0 saturated heterocycles. The molecule has 0 saturated carbocycles. The third-order valence-electron chi connectivity index (χ3n) is 5.51. The number of hydrogen-bond donors (Lipinski definition) is 1. The van der Waals surface area contributed by atoms with Gasteiger partial charge in [-0.15, -0.1) is 10.2 Å². The maximum Gasteiger partial charge on any atom is 0.217 e. The highest BCUT2D eigenvalue weighted by Gasteiger charge is 2.18. The molecule has 0 spiro atoms. The molecule has 4 rings (SSSR count). The van der Waals surface area contributed by atoms with Crippen molar-refractivity contribution in [3.63, 3.8) is 0 Å². The Hall–Kier alpha value is -2.99. The molecule has 2 heterocycles. The highest BCUT2D eigenvalue weighted by molar-refractivity contribution is 5.72. The van der Waals surface area contributed by atoms with Gasteiger partial charge in [-0.2, -0.15) is 0 Å². The van der Waals surface area contributed by atoms with Crippen LogP contribution in [0.15, 0.2) is 48.5 Å². The van der Waals surface area contributed by atoms with Crippen molar-refractivity contribution in [3.05, 3.63) is 71.3 Å². The zero-order valence-corrected chi connectivity index (χ0v) is 17.1. The number of carbonyl (C=O) groups excluding carboxylic acids is 1. The molecule has 0 unspecified atom stereocenters. The molecule has 0 fully saturated rings. The molecule has 29 heavy (non-hydrogen) atoms. The van der Waals surface area contributed by atoms with E-state index in [1.54, 1.807) is 0 Å². The molecule has 6 nitrogen and oxygen atoms in total. The van der Waals surface area contributed by atoms with Crippen molar-refractivity contribution in [1.29, 1.82) is 0 Å². The van der Waals surface area contributed by atoms with Crippen LogP contribution in [0.4, 0.5) is 0 Å². The lowest BCUT2D eigenvalue weighted by Gasteiger charge is -2.20. The third kappa shape index (κ3) is 4.54. The van der Waals surface area contributed by atoms with E-state index in [4.69, 9.17) is 0 Å². The van der Waals surface area contributed by atoms with Crippen LogP contribution in [0.3, 0.4) is 0 Å². The van der Waals surface area contributed by atoms with Crippen LogP contribution < -0.4 is 5.32 Å². The summed E-state index contributed by atoms with van der Waals surface area (Å²) in [5.74, 6) is 1.79. The lowest BCUT2D eigenvalue weighted by molar-refractivity contribution is -0.119. The van der Waals surface area contributed by atoms with E-state index in [9.17, 15) is 4.79 Å². The van der Waals surface area contributed by atoms with Crippen molar-refractivity contribution >= 4 is 5.91 Å². The first-order chi connectivity index (χ1) is 14.1. The molecular formula is C23H27N5O. The van der Waals surface area contributed by atoms with Crippen molar-refractivity contribution in [2.45, 2.75) is 39.9 Å². The number of carbonyl (C=O) groups is 1. The Kier molecular flexibility index (Phi) is 5.71. The van der Waals surface area contributed by atoms with Gasteiger partial charge in [0.1, 0.15) is 5.82 Å². The van der Waals surface area contributed by atoms with Crippen LogP contribution in [0, 0.1) is 6.92 Å². The molecular weight excluding hydrogens is 362 g/mol. The normalized spacial score (nSPS) is 14.3. The smallest absolute Gasteiger partial charge is 0.217 e. The Morgan fingerprint density at radius 1 is 1.03 bits per heavy atom. The molecule has 0 atom stereocenters.